The molecular weight excluding hydrogens is 616 g/mol. The van der Waals surface area contributed by atoms with Crippen LogP contribution >= 0.6 is 15.9 Å². The maximum absolute atomic E-state index is 11.8. The number of rotatable bonds is 29. The van der Waals surface area contributed by atoms with Gasteiger partial charge in [0.05, 0.1) is 12.0 Å². The molecule has 0 aliphatic heterocycles. The smallest absolute Gasteiger partial charge is 0.311 e. The number of unbranched alkanes of at least 4 members (excludes halogenated alkanes) is 12. The summed E-state index contributed by atoms with van der Waals surface area (Å²) in [6, 6.07) is 0. The SMILES string of the molecule is CC/C=C\C/C=C\C/C=C\CCCCCCCCBr.CC/C=C\C/C=C\C/C=C\CCCCCCCCC(C)(C)C(=O)OCC. The normalized spacial score (nSPS) is 12.5. The Labute approximate surface area is 290 Å². The molecule has 0 aromatic rings. The summed E-state index contributed by atoms with van der Waals surface area (Å²) in [5, 5.41) is 1.16. The number of esters is 1. The lowest BCUT2D eigenvalue weighted by molar-refractivity contribution is -0.153. The molecule has 0 aromatic carbocycles. The molecule has 0 aliphatic rings. The third-order valence-corrected chi connectivity index (χ3v) is 8.13. The highest BCUT2D eigenvalue weighted by molar-refractivity contribution is 9.09. The second-order valence-corrected chi connectivity index (χ2v) is 13.2. The van der Waals surface area contributed by atoms with E-state index in [1.807, 2.05) is 20.8 Å². The van der Waals surface area contributed by atoms with Crippen molar-refractivity contribution in [2.75, 3.05) is 11.9 Å². The summed E-state index contributed by atoms with van der Waals surface area (Å²) >= 11 is 3.47. The number of carbonyl (C=O) groups excluding carboxylic acids is 1. The third kappa shape index (κ3) is 38.5. The summed E-state index contributed by atoms with van der Waals surface area (Å²) in [7, 11) is 0. The van der Waals surface area contributed by atoms with Crippen molar-refractivity contribution in [3.63, 3.8) is 0 Å². The number of allylic oxidation sites excluding steroid dienone is 12. The van der Waals surface area contributed by atoms with E-state index in [1.54, 1.807) is 0 Å². The van der Waals surface area contributed by atoms with Crippen molar-refractivity contribution in [1.82, 2.24) is 0 Å². The Morgan fingerprint density at radius 2 is 0.867 bits per heavy atom. The van der Waals surface area contributed by atoms with Gasteiger partial charge in [0.2, 0.25) is 0 Å². The third-order valence-electron chi connectivity index (χ3n) is 7.57. The molecular formula is C42H73BrO2. The van der Waals surface area contributed by atoms with E-state index >= 15 is 0 Å². The number of halogens is 1. The minimum absolute atomic E-state index is 0.0564. The molecule has 0 amide bonds. The van der Waals surface area contributed by atoms with Crippen molar-refractivity contribution in [1.29, 1.82) is 0 Å². The number of ether oxygens (including phenoxy) is 1. The van der Waals surface area contributed by atoms with Gasteiger partial charge >= 0.3 is 5.97 Å². The number of carbonyl (C=O) groups is 1. The van der Waals surface area contributed by atoms with Crippen LogP contribution in [0.1, 0.15) is 169 Å². The Kier molecular flexibility index (Phi) is 39.0. The summed E-state index contributed by atoms with van der Waals surface area (Å²) in [5.74, 6) is -0.0564. The first-order valence-electron chi connectivity index (χ1n) is 18.6. The van der Waals surface area contributed by atoms with Gasteiger partial charge in [0.15, 0.2) is 0 Å². The zero-order chi connectivity index (χ0) is 33.5. The number of alkyl halides is 1. The maximum Gasteiger partial charge on any atom is 0.311 e. The van der Waals surface area contributed by atoms with Crippen LogP contribution in [0, 0.1) is 5.41 Å². The van der Waals surface area contributed by atoms with Gasteiger partial charge in [0.1, 0.15) is 0 Å². The zero-order valence-corrected chi connectivity index (χ0v) is 32.0. The molecule has 0 spiro atoms. The molecule has 0 atom stereocenters. The fourth-order valence-corrected chi connectivity index (χ4v) is 5.08. The minimum atomic E-state index is -0.332. The van der Waals surface area contributed by atoms with E-state index in [2.05, 4.69) is 103 Å². The standard InChI is InChI=1S/C24H42O2.C18H31Br/c1-5-7-8-9-10-11-12-13-14-15-16-17-18-19-20-21-22-24(3,4)23(25)26-6-2;1-2-3-4-5-6-7-8-9-10-11-12-13-14-15-16-17-18-19/h7-8,10-11,13-14H,5-6,9,12,15-22H2,1-4H3;3-4,6-7,9-10H,2,5,8,11-18H2,1H3/b8-7-,11-10-,14-13-;4-3-,7-6-,10-9-. The van der Waals surface area contributed by atoms with E-state index in [0.717, 1.165) is 56.7 Å². The Bertz CT molecular complexity index is 785. The first kappa shape index (κ1) is 45.5. The average molecular weight is 690 g/mol. The largest absolute Gasteiger partial charge is 0.466 e. The molecule has 0 bridgehead atoms. The number of hydrogen-bond acceptors (Lipinski definition) is 2. The van der Waals surface area contributed by atoms with E-state index in [1.165, 1.54) is 83.5 Å². The van der Waals surface area contributed by atoms with E-state index < -0.39 is 0 Å². The van der Waals surface area contributed by atoms with Gasteiger partial charge in [-0.3, -0.25) is 4.79 Å². The summed E-state index contributed by atoms with van der Waals surface area (Å²) in [5.41, 5.74) is -0.332. The molecule has 0 fully saturated rings. The van der Waals surface area contributed by atoms with Crippen LogP contribution in [-0.2, 0) is 9.53 Å². The molecule has 0 unspecified atom stereocenters. The van der Waals surface area contributed by atoms with Gasteiger partial charge in [-0.05, 0) is 97.8 Å². The van der Waals surface area contributed by atoms with Gasteiger partial charge in [-0.1, -0.05) is 160 Å². The fraction of sp³-hybridized carbons (Fsp3) is 0.690. The summed E-state index contributed by atoms with van der Waals surface area (Å²) < 4.78 is 5.13. The Balaban J connectivity index is 0. The van der Waals surface area contributed by atoms with Crippen molar-refractivity contribution in [3.05, 3.63) is 72.9 Å². The van der Waals surface area contributed by atoms with Gasteiger partial charge in [0.25, 0.3) is 0 Å². The number of hydrogen-bond donors (Lipinski definition) is 0. The van der Waals surface area contributed by atoms with Crippen LogP contribution in [0.2, 0.25) is 0 Å². The molecule has 0 saturated carbocycles. The molecule has 2 nitrogen and oxygen atoms in total. The Hall–Kier alpha value is -1.61. The predicted octanol–water partition coefficient (Wildman–Crippen LogP) is 14.5. The molecule has 0 radical (unpaired) electrons. The van der Waals surface area contributed by atoms with Gasteiger partial charge in [-0.15, -0.1) is 0 Å². The Morgan fingerprint density at radius 3 is 1.27 bits per heavy atom. The first-order chi connectivity index (χ1) is 22.0. The van der Waals surface area contributed by atoms with Crippen molar-refractivity contribution < 1.29 is 9.53 Å². The van der Waals surface area contributed by atoms with Crippen LogP contribution < -0.4 is 0 Å². The van der Waals surface area contributed by atoms with E-state index in [9.17, 15) is 4.79 Å². The fourth-order valence-electron chi connectivity index (χ4n) is 4.68. The lowest BCUT2D eigenvalue weighted by Gasteiger charge is -2.21. The van der Waals surface area contributed by atoms with Crippen LogP contribution in [-0.4, -0.2) is 17.9 Å². The van der Waals surface area contributed by atoms with Crippen LogP contribution in [0.3, 0.4) is 0 Å². The molecule has 0 rings (SSSR count). The Morgan fingerprint density at radius 1 is 0.511 bits per heavy atom. The highest BCUT2D eigenvalue weighted by atomic mass is 79.9. The van der Waals surface area contributed by atoms with Crippen molar-refractivity contribution >= 4 is 21.9 Å². The molecule has 260 valence electrons. The second kappa shape index (κ2) is 38.6. The van der Waals surface area contributed by atoms with Gasteiger partial charge < -0.3 is 4.74 Å². The van der Waals surface area contributed by atoms with Crippen molar-refractivity contribution in [2.45, 2.75) is 169 Å². The van der Waals surface area contributed by atoms with Crippen LogP contribution in [0.15, 0.2) is 72.9 Å². The topological polar surface area (TPSA) is 26.3 Å². The molecule has 0 aliphatic carbocycles. The van der Waals surface area contributed by atoms with E-state index in [-0.39, 0.29) is 11.4 Å². The first-order valence-corrected chi connectivity index (χ1v) is 19.7. The molecule has 3 heteroatoms. The maximum atomic E-state index is 11.8. The van der Waals surface area contributed by atoms with Gasteiger partial charge in [-0.2, -0.15) is 0 Å². The summed E-state index contributed by atoms with van der Waals surface area (Å²) in [6.07, 6.45) is 52.8. The van der Waals surface area contributed by atoms with E-state index in [4.69, 9.17) is 4.74 Å². The highest BCUT2D eigenvalue weighted by Gasteiger charge is 2.28. The lowest BCUT2D eigenvalue weighted by Crippen LogP contribution is -2.26. The molecule has 0 N–H and O–H groups in total. The lowest BCUT2D eigenvalue weighted by atomic mass is 9.87. The highest BCUT2D eigenvalue weighted by Crippen LogP contribution is 2.26. The molecule has 0 saturated heterocycles. The zero-order valence-electron chi connectivity index (χ0n) is 30.4. The van der Waals surface area contributed by atoms with Gasteiger partial charge in [0, 0.05) is 5.33 Å². The predicted molar refractivity (Wildman–Crippen MR) is 207 cm³/mol. The quantitative estimate of drug-likeness (QED) is 0.0338. The van der Waals surface area contributed by atoms with Crippen molar-refractivity contribution in [2.24, 2.45) is 5.41 Å². The van der Waals surface area contributed by atoms with Gasteiger partial charge in [-0.25, -0.2) is 0 Å². The van der Waals surface area contributed by atoms with Crippen LogP contribution in [0.4, 0.5) is 0 Å². The van der Waals surface area contributed by atoms with Crippen molar-refractivity contribution in [3.8, 4) is 0 Å². The second-order valence-electron chi connectivity index (χ2n) is 12.5. The van der Waals surface area contributed by atoms with Crippen LogP contribution in [0.25, 0.3) is 0 Å². The molecule has 0 heterocycles. The average Bonchev–Trinajstić information content (AvgIpc) is 3.03. The molecule has 0 aromatic heterocycles. The van der Waals surface area contributed by atoms with Crippen LogP contribution in [0.5, 0.6) is 0 Å². The summed E-state index contributed by atoms with van der Waals surface area (Å²) in [4.78, 5) is 11.8. The minimum Gasteiger partial charge on any atom is -0.466 e. The summed E-state index contributed by atoms with van der Waals surface area (Å²) in [6.45, 7) is 10.7. The monoisotopic (exact) mass is 688 g/mol. The van der Waals surface area contributed by atoms with E-state index in [0.29, 0.717) is 6.61 Å². The molecule has 45 heavy (non-hydrogen) atoms.